The summed E-state index contributed by atoms with van der Waals surface area (Å²) in [5, 5.41) is 4.46. The second kappa shape index (κ2) is 5.39. The number of benzene rings is 1. The summed E-state index contributed by atoms with van der Waals surface area (Å²) in [6, 6.07) is 3.32. The van der Waals surface area contributed by atoms with Gasteiger partial charge in [-0.25, -0.2) is 14.6 Å². The van der Waals surface area contributed by atoms with E-state index in [1.807, 2.05) is 0 Å². The van der Waals surface area contributed by atoms with E-state index in [1.165, 1.54) is 0 Å². The second-order valence-electron chi connectivity index (χ2n) is 3.06. The Hall–Kier alpha value is -1.25. The molecule has 0 aliphatic rings. The molecule has 1 heterocycles. The molecule has 0 spiro atoms. The molecule has 4 nitrogen and oxygen atoms in total. The van der Waals surface area contributed by atoms with E-state index >= 15 is 0 Å². The standard InChI is InChI=1S/C9H8F2N4S2/c10-5-1-2-6(11)8(3-5)16-4-7-9(13-12)17-15-14-7/h1-3,13H,4,12H2. The Bertz CT molecular complexity index is 517. The first kappa shape index (κ1) is 12.2. The number of rotatable bonds is 4. The van der Waals surface area contributed by atoms with Gasteiger partial charge >= 0.3 is 0 Å². The molecule has 17 heavy (non-hydrogen) atoms. The Morgan fingerprint density at radius 2 is 2.24 bits per heavy atom. The molecule has 0 atom stereocenters. The molecule has 2 aromatic rings. The van der Waals surface area contributed by atoms with Crippen LogP contribution in [0.3, 0.4) is 0 Å². The molecule has 1 aromatic heterocycles. The maximum Gasteiger partial charge on any atom is 0.148 e. The van der Waals surface area contributed by atoms with Crippen molar-refractivity contribution in [1.29, 1.82) is 0 Å². The molecule has 0 saturated carbocycles. The Balaban J connectivity index is 2.09. The van der Waals surface area contributed by atoms with Gasteiger partial charge in [0.15, 0.2) is 0 Å². The molecular formula is C9H8F2N4S2. The number of halogens is 2. The third kappa shape index (κ3) is 2.90. The summed E-state index contributed by atoms with van der Waals surface area (Å²) < 4.78 is 30.0. The third-order valence-corrected chi connectivity index (χ3v) is 3.69. The molecule has 2 rings (SSSR count). The fraction of sp³-hybridized carbons (Fsp3) is 0.111. The van der Waals surface area contributed by atoms with Crippen LogP contribution < -0.4 is 11.3 Å². The fourth-order valence-electron chi connectivity index (χ4n) is 1.15. The molecule has 0 bridgehead atoms. The van der Waals surface area contributed by atoms with Crippen molar-refractivity contribution in [3.8, 4) is 0 Å². The van der Waals surface area contributed by atoms with Crippen molar-refractivity contribution in [3.05, 3.63) is 35.5 Å². The number of hydrogen-bond acceptors (Lipinski definition) is 6. The van der Waals surface area contributed by atoms with Crippen molar-refractivity contribution in [3.63, 3.8) is 0 Å². The fourth-order valence-corrected chi connectivity index (χ4v) is 2.63. The van der Waals surface area contributed by atoms with Gasteiger partial charge in [-0.3, -0.25) is 0 Å². The van der Waals surface area contributed by atoms with Gasteiger partial charge in [0.2, 0.25) is 0 Å². The summed E-state index contributed by atoms with van der Waals surface area (Å²) >= 11 is 2.26. The summed E-state index contributed by atoms with van der Waals surface area (Å²) in [7, 11) is 0. The minimum atomic E-state index is -0.470. The number of nitrogens with zero attached hydrogens (tertiary/aromatic N) is 2. The predicted octanol–water partition coefficient (Wildman–Crippen LogP) is 2.39. The van der Waals surface area contributed by atoms with Crippen molar-refractivity contribution in [2.24, 2.45) is 5.84 Å². The lowest BCUT2D eigenvalue weighted by atomic mass is 10.3. The summed E-state index contributed by atoms with van der Waals surface area (Å²) in [6.07, 6.45) is 0. The highest BCUT2D eigenvalue weighted by molar-refractivity contribution is 7.98. The van der Waals surface area contributed by atoms with Crippen LogP contribution in [0.4, 0.5) is 13.8 Å². The van der Waals surface area contributed by atoms with Gasteiger partial charge in [0.25, 0.3) is 0 Å². The summed E-state index contributed by atoms with van der Waals surface area (Å²) in [6.45, 7) is 0. The van der Waals surface area contributed by atoms with E-state index in [9.17, 15) is 8.78 Å². The molecule has 0 aliphatic heterocycles. The van der Waals surface area contributed by atoms with E-state index in [2.05, 4.69) is 15.0 Å². The number of anilines is 1. The predicted molar refractivity (Wildman–Crippen MR) is 63.6 cm³/mol. The molecule has 0 amide bonds. The third-order valence-electron chi connectivity index (χ3n) is 1.94. The minimum Gasteiger partial charge on any atom is -0.313 e. The van der Waals surface area contributed by atoms with E-state index in [-0.39, 0.29) is 4.90 Å². The summed E-state index contributed by atoms with van der Waals surface area (Å²) in [4.78, 5) is 0.237. The van der Waals surface area contributed by atoms with Crippen LogP contribution in [0.5, 0.6) is 0 Å². The molecule has 0 saturated heterocycles. The van der Waals surface area contributed by atoms with Crippen LogP contribution in [0.2, 0.25) is 0 Å². The lowest BCUT2D eigenvalue weighted by molar-refractivity contribution is 0.577. The van der Waals surface area contributed by atoms with Gasteiger partial charge in [0.05, 0.1) is 0 Å². The van der Waals surface area contributed by atoms with Crippen LogP contribution >= 0.6 is 23.3 Å². The number of hydrazine groups is 1. The van der Waals surface area contributed by atoms with Gasteiger partial charge in [-0.05, 0) is 18.2 Å². The molecule has 8 heteroatoms. The molecule has 0 radical (unpaired) electrons. The molecule has 1 aromatic carbocycles. The Morgan fingerprint density at radius 1 is 1.41 bits per heavy atom. The highest BCUT2D eigenvalue weighted by atomic mass is 32.2. The highest BCUT2D eigenvalue weighted by Gasteiger charge is 2.10. The first-order valence-electron chi connectivity index (χ1n) is 4.56. The van der Waals surface area contributed by atoms with Crippen LogP contribution in [-0.2, 0) is 5.75 Å². The average molecular weight is 274 g/mol. The number of aromatic nitrogens is 2. The van der Waals surface area contributed by atoms with Crippen molar-refractivity contribution in [2.45, 2.75) is 10.6 Å². The van der Waals surface area contributed by atoms with Gasteiger partial charge in [-0.2, -0.15) is 0 Å². The quantitative estimate of drug-likeness (QED) is 0.509. The van der Waals surface area contributed by atoms with Gasteiger partial charge in [-0.15, -0.1) is 16.9 Å². The normalized spacial score (nSPS) is 10.5. The van der Waals surface area contributed by atoms with Crippen LogP contribution in [-0.4, -0.2) is 9.59 Å². The summed E-state index contributed by atoms with van der Waals surface area (Å²) in [5.74, 6) is 4.70. The largest absolute Gasteiger partial charge is 0.313 e. The molecule has 0 aliphatic carbocycles. The van der Waals surface area contributed by atoms with Gasteiger partial charge in [0, 0.05) is 22.2 Å². The van der Waals surface area contributed by atoms with E-state index in [4.69, 9.17) is 5.84 Å². The van der Waals surface area contributed by atoms with E-state index < -0.39 is 11.6 Å². The van der Waals surface area contributed by atoms with Crippen molar-refractivity contribution in [1.82, 2.24) is 9.59 Å². The van der Waals surface area contributed by atoms with E-state index in [1.54, 1.807) is 0 Å². The topological polar surface area (TPSA) is 63.8 Å². The molecular weight excluding hydrogens is 266 g/mol. The molecule has 0 unspecified atom stereocenters. The monoisotopic (exact) mass is 274 g/mol. The second-order valence-corrected chi connectivity index (χ2v) is 4.83. The zero-order valence-electron chi connectivity index (χ0n) is 8.48. The average Bonchev–Trinajstić information content (AvgIpc) is 2.77. The maximum absolute atomic E-state index is 13.3. The lowest BCUT2D eigenvalue weighted by Gasteiger charge is -2.02. The number of hydrogen-bond donors (Lipinski definition) is 2. The van der Waals surface area contributed by atoms with Gasteiger partial charge < -0.3 is 5.43 Å². The van der Waals surface area contributed by atoms with E-state index in [0.717, 1.165) is 41.5 Å². The smallest absolute Gasteiger partial charge is 0.148 e. The lowest BCUT2D eigenvalue weighted by Crippen LogP contribution is -2.06. The first-order chi connectivity index (χ1) is 8.20. The SMILES string of the molecule is NNc1snnc1CSc1cc(F)ccc1F. The van der Waals surface area contributed by atoms with Crippen LogP contribution in [0.25, 0.3) is 0 Å². The zero-order chi connectivity index (χ0) is 12.3. The van der Waals surface area contributed by atoms with E-state index in [0.29, 0.717) is 16.4 Å². The van der Waals surface area contributed by atoms with Crippen LogP contribution in [0.15, 0.2) is 23.1 Å². The van der Waals surface area contributed by atoms with Crippen molar-refractivity contribution >= 4 is 28.3 Å². The summed E-state index contributed by atoms with van der Waals surface area (Å²) in [5.41, 5.74) is 3.07. The Kier molecular flexibility index (Phi) is 3.87. The minimum absolute atomic E-state index is 0.237. The van der Waals surface area contributed by atoms with Gasteiger partial charge in [-0.1, -0.05) is 4.49 Å². The number of nitrogens with one attached hydrogen (secondary N) is 1. The Morgan fingerprint density at radius 3 is 3.00 bits per heavy atom. The van der Waals surface area contributed by atoms with Crippen molar-refractivity contribution in [2.75, 3.05) is 5.43 Å². The van der Waals surface area contributed by atoms with Crippen LogP contribution in [0, 0.1) is 11.6 Å². The van der Waals surface area contributed by atoms with Gasteiger partial charge in [0.1, 0.15) is 22.3 Å². The Labute approximate surface area is 104 Å². The molecule has 90 valence electrons. The molecule has 3 N–H and O–H groups in total. The number of nitrogens with two attached hydrogens (primary N) is 1. The first-order valence-corrected chi connectivity index (χ1v) is 6.32. The number of thioether (sulfide) groups is 1. The number of nitrogen functional groups attached to an aromatic ring is 1. The zero-order valence-corrected chi connectivity index (χ0v) is 10.1. The molecule has 0 fully saturated rings. The maximum atomic E-state index is 13.3. The van der Waals surface area contributed by atoms with Crippen molar-refractivity contribution < 1.29 is 8.78 Å². The van der Waals surface area contributed by atoms with Crippen LogP contribution in [0.1, 0.15) is 5.69 Å². The highest BCUT2D eigenvalue weighted by Crippen LogP contribution is 2.28.